The summed E-state index contributed by atoms with van der Waals surface area (Å²) in [5.41, 5.74) is 6.23. The van der Waals surface area contributed by atoms with Crippen LogP contribution in [0.1, 0.15) is 0 Å². The Morgan fingerprint density at radius 1 is 1.13 bits per heavy atom. The first-order valence-corrected chi connectivity index (χ1v) is 7.14. The number of ether oxygens (including phenoxy) is 2. The van der Waals surface area contributed by atoms with Gasteiger partial charge in [0.05, 0.1) is 19.0 Å². The van der Waals surface area contributed by atoms with Gasteiger partial charge in [-0.2, -0.15) is 0 Å². The minimum absolute atomic E-state index is 0.434. The number of pyridine rings is 1. The monoisotopic (exact) mass is 311 g/mol. The summed E-state index contributed by atoms with van der Waals surface area (Å²) in [5, 5.41) is 4.04. The van der Waals surface area contributed by atoms with Gasteiger partial charge in [0.2, 0.25) is 0 Å². The minimum Gasteiger partial charge on any atom is -0.497 e. The third-order valence-electron chi connectivity index (χ3n) is 3.22. The van der Waals surface area contributed by atoms with Crippen LogP contribution in [0.5, 0.6) is 11.5 Å². The number of nitrogens with one attached hydrogen (secondary N) is 1. The topological polar surface area (TPSA) is 95.2 Å². The summed E-state index contributed by atoms with van der Waals surface area (Å²) in [5.74, 6) is 2.66. The van der Waals surface area contributed by atoms with Gasteiger partial charge in [0.25, 0.3) is 0 Å². The van der Waals surface area contributed by atoms with Crippen molar-refractivity contribution in [3.8, 4) is 11.5 Å². The third kappa shape index (κ3) is 3.57. The van der Waals surface area contributed by atoms with E-state index in [1.54, 1.807) is 13.2 Å². The number of methoxy groups -OCH3 is 1. The number of nitrogens with zero attached hydrogens (tertiary/aromatic N) is 3. The summed E-state index contributed by atoms with van der Waals surface area (Å²) < 4.78 is 10.8. The summed E-state index contributed by atoms with van der Waals surface area (Å²) in [6.45, 7) is 1.08. The lowest BCUT2D eigenvalue weighted by Crippen LogP contribution is -2.13. The molecule has 0 bridgehead atoms. The van der Waals surface area contributed by atoms with Crippen LogP contribution in [0, 0.1) is 0 Å². The summed E-state index contributed by atoms with van der Waals surface area (Å²) >= 11 is 0. The Morgan fingerprint density at radius 3 is 2.87 bits per heavy atom. The molecule has 23 heavy (non-hydrogen) atoms. The molecule has 7 nitrogen and oxygen atoms in total. The molecule has 3 rings (SSSR count). The van der Waals surface area contributed by atoms with Gasteiger partial charge in [0.15, 0.2) is 5.65 Å². The van der Waals surface area contributed by atoms with Crippen molar-refractivity contribution in [2.75, 3.05) is 31.3 Å². The van der Waals surface area contributed by atoms with Gasteiger partial charge in [-0.1, -0.05) is 6.07 Å². The van der Waals surface area contributed by atoms with Gasteiger partial charge in [0, 0.05) is 6.07 Å². The van der Waals surface area contributed by atoms with E-state index < -0.39 is 0 Å². The zero-order chi connectivity index (χ0) is 16.1. The van der Waals surface area contributed by atoms with Crippen LogP contribution in [0.4, 0.5) is 11.6 Å². The zero-order valence-corrected chi connectivity index (χ0v) is 12.7. The van der Waals surface area contributed by atoms with E-state index in [1.165, 1.54) is 6.33 Å². The van der Waals surface area contributed by atoms with Crippen LogP contribution in [0.25, 0.3) is 11.0 Å². The van der Waals surface area contributed by atoms with Crippen molar-refractivity contribution in [2.24, 2.45) is 0 Å². The van der Waals surface area contributed by atoms with Crippen LogP contribution >= 0.6 is 0 Å². The SMILES string of the molecule is COc1cccc(OCCNc2ncnc3nc(N)ccc23)c1. The standard InChI is InChI=1S/C16H17N5O2/c1-22-11-3-2-4-12(9-11)23-8-7-18-15-13-5-6-14(17)21-16(13)20-10-19-15/h2-6,9-10H,7-8H2,1H3,(H3,17,18,19,20,21). The number of nitrogen functional groups attached to an aromatic ring is 1. The molecule has 2 heterocycles. The number of nitrogens with two attached hydrogens (primary N) is 1. The highest BCUT2D eigenvalue weighted by Gasteiger charge is 2.04. The van der Waals surface area contributed by atoms with Crippen molar-refractivity contribution in [2.45, 2.75) is 0 Å². The van der Waals surface area contributed by atoms with Crippen LogP contribution in [-0.4, -0.2) is 35.2 Å². The minimum atomic E-state index is 0.434. The molecule has 0 saturated carbocycles. The van der Waals surface area contributed by atoms with E-state index in [0.29, 0.717) is 30.4 Å². The fourth-order valence-electron chi connectivity index (χ4n) is 2.13. The molecule has 0 amide bonds. The number of rotatable bonds is 6. The average molecular weight is 311 g/mol. The quantitative estimate of drug-likeness (QED) is 0.673. The van der Waals surface area contributed by atoms with Crippen molar-refractivity contribution in [3.05, 3.63) is 42.7 Å². The second-order valence-corrected chi connectivity index (χ2v) is 4.78. The second kappa shape index (κ2) is 6.78. The molecular formula is C16H17N5O2. The molecule has 0 unspecified atom stereocenters. The van der Waals surface area contributed by atoms with E-state index in [2.05, 4.69) is 20.3 Å². The molecule has 0 saturated heterocycles. The van der Waals surface area contributed by atoms with Crippen LogP contribution in [0.2, 0.25) is 0 Å². The van der Waals surface area contributed by atoms with Gasteiger partial charge in [-0.25, -0.2) is 15.0 Å². The van der Waals surface area contributed by atoms with Crippen LogP contribution in [0.15, 0.2) is 42.7 Å². The molecule has 0 radical (unpaired) electrons. The third-order valence-corrected chi connectivity index (χ3v) is 3.22. The van der Waals surface area contributed by atoms with Gasteiger partial charge >= 0.3 is 0 Å². The lowest BCUT2D eigenvalue weighted by atomic mass is 10.3. The van der Waals surface area contributed by atoms with Crippen molar-refractivity contribution in [1.29, 1.82) is 0 Å². The van der Waals surface area contributed by atoms with Gasteiger partial charge in [0.1, 0.15) is 36.1 Å². The molecule has 0 aliphatic heterocycles. The highest BCUT2D eigenvalue weighted by Crippen LogP contribution is 2.20. The van der Waals surface area contributed by atoms with E-state index in [4.69, 9.17) is 15.2 Å². The molecule has 1 aromatic carbocycles. The number of anilines is 2. The predicted molar refractivity (Wildman–Crippen MR) is 88.7 cm³/mol. The number of benzene rings is 1. The Labute approximate surface area is 133 Å². The Kier molecular flexibility index (Phi) is 4.37. The number of hydrogen-bond acceptors (Lipinski definition) is 7. The Hall–Kier alpha value is -3.09. The fraction of sp³-hybridized carbons (Fsp3) is 0.188. The van der Waals surface area contributed by atoms with Crippen molar-refractivity contribution in [3.63, 3.8) is 0 Å². The smallest absolute Gasteiger partial charge is 0.166 e. The molecule has 0 spiro atoms. The maximum atomic E-state index is 5.68. The zero-order valence-electron chi connectivity index (χ0n) is 12.7. The summed E-state index contributed by atoms with van der Waals surface area (Å²) in [4.78, 5) is 12.5. The van der Waals surface area contributed by atoms with Crippen LogP contribution < -0.4 is 20.5 Å². The highest BCUT2D eigenvalue weighted by atomic mass is 16.5. The molecule has 2 aromatic heterocycles. The van der Waals surface area contributed by atoms with Crippen molar-refractivity contribution < 1.29 is 9.47 Å². The highest BCUT2D eigenvalue weighted by molar-refractivity contribution is 5.86. The van der Waals surface area contributed by atoms with Gasteiger partial charge in [-0.15, -0.1) is 0 Å². The van der Waals surface area contributed by atoms with E-state index in [0.717, 1.165) is 16.9 Å². The Morgan fingerprint density at radius 2 is 2.00 bits per heavy atom. The maximum absolute atomic E-state index is 5.68. The lowest BCUT2D eigenvalue weighted by Gasteiger charge is -2.10. The molecule has 3 aromatic rings. The first-order chi connectivity index (χ1) is 11.3. The molecule has 0 aliphatic rings. The molecular weight excluding hydrogens is 294 g/mol. The van der Waals surface area contributed by atoms with Crippen molar-refractivity contribution in [1.82, 2.24) is 15.0 Å². The number of aromatic nitrogens is 3. The largest absolute Gasteiger partial charge is 0.497 e. The molecule has 118 valence electrons. The fourth-order valence-corrected chi connectivity index (χ4v) is 2.13. The molecule has 3 N–H and O–H groups in total. The normalized spacial score (nSPS) is 10.5. The average Bonchev–Trinajstić information content (AvgIpc) is 2.58. The molecule has 0 atom stereocenters. The van der Waals surface area contributed by atoms with Crippen molar-refractivity contribution >= 4 is 22.7 Å². The van der Waals surface area contributed by atoms with Gasteiger partial charge in [-0.3, -0.25) is 0 Å². The van der Waals surface area contributed by atoms with Gasteiger partial charge < -0.3 is 20.5 Å². The van der Waals surface area contributed by atoms with E-state index in [9.17, 15) is 0 Å². The lowest BCUT2D eigenvalue weighted by molar-refractivity contribution is 0.329. The summed E-state index contributed by atoms with van der Waals surface area (Å²) in [6, 6.07) is 11.1. The predicted octanol–water partition coefficient (Wildman–Crippen LogP) is 2.11. The first-order valence-electron chi connectivity index (χ1n) is 7.14. The van der Waals surface area contributed by atoms with Crippen LogP contribution in [0.3, 0.4) is 0 Å². The Balaban J connectivity index is 1.60. The second-order valence-electron chi connectivity index (χ2n) is 4.78. The number of fused-ring (bicyclic) bond motifs is 1. The van der Waals surface area contributed by atoms with Gasteiger partial charge in [-0.05, 0) is 24.3 Å². The Bertz CT molecular complexity index is 809. The molecule has 7 heteroatoms. The summed E-state index contributed by atoms with van der Waals surface area (Å²) in [6.07, 6.45) is 1.46. The first kappa shape index (κ1) is 14.8. The number of hydrogen-bond donors (Lipinski definition) is 2. The van der Waals surface area contributed by atoms with Crippen LogP contribution in [-0.2, 0) is 0 Å². The summed E-state index contributed by atoms with van der Waals surface area (Å²) in [7, 11) is 1.63. The molecule has 0 fully saturated rings. The van der Waals surface area contributed by atoms with E-state index >= 15 is 0 Å². The van der Waals surface area contributed by atoms with E-state index in [1.807, 2.05) is 30.3 Å². The maximum Gasteiger partial charge on any atom is 0.166 e. The van der Waals surface area contributed by atoms with E-state index in [-0.39, 0.29) is 0 Å². The molecule has 0 aliphatic carbocycles.